The summed E-state index contributed by atoms with van der Waals surface area (Å²) in [6.45, 7) is 0. The van der Waals surface area contributed by atoms with Crippen molar-refractivity contribution in [2.24, 2.45) is 11.8 Å². The number of hydroxylamine groups is 2. The molecule has 9 heteroatoms. The van der Waals surface area contributed by atoms with Gasteiger partial charge < -0.3 is 0 Å². The molecular weight excluding hydrogens is 734 g/mol. The Morgan fingerprint density at radius 1 is 0.462 bits per heavy atom. The summed E-state index contributed by atoms with van der Waals surface area (Å²) in [5, 5.41) is 5.48. The topological polar surface area (TPSA) is 42.0 Å². The van der Waals surface area contributed by atoms with Gasteiger partial charge in [-0.15, -0.1) is 0 Å². The summed E-state index contributed by atoms with van der Waals surface area (Å²) in [4.78, 5) is 30.0. The van der Waals surface area contributed by atoms with E-state index in [1.54, 1.807) is 24.3 Å². The van der Waals surface area contributed by atoms with Gasteiger partial charge in [-0.2, -0.15) is 0 Å². The van der Waals surface area contributed by atoms with Gasteiger partial charge in [0.2, 0.25) is 0 Å². The molecule has 2 heterocycles. The van der Waals surface area contributed by atoms with Crippen LogP contribution in [0, 0.1) is 11.8 Å². The van der Waals surface area contributed by atoms with Crippen molar-refractivity contribution in [1.29, 1.82) is 0 Å². The highest BCUT2D eigenvalue weighted by Crippen LogP contribution is 2.57. The third-order valence-electron chi connectivity index (χ3n) is 9.79. The van der Waals surface area contributed by atoms with Crippen molar-refractivity contribution in [2.75, 3.05) is 10.1 Å². The third-order valence-corrected chi connectivity index (χ3v) is 10.9. The number of hydrogen-bond acceptors (Lipinski definition) is 5. The predicted molar refractivity (Wildman–Crippen MR) is 209 cm³/mol. The first-order valence-electron chi connectivity index (χ1n) is 16.9. The fraction of sp³-hybridized carbons (Fsp3) is 0.140. The summed E-state index contributed by atoms with van der Waals surface area (Å²) < 4.78 is 0. The molecule has 6 aromatic carbocycles. The normalized spacial score (nSPS) is 22.8. The van der Waals surface area contributed by atoms with E-state index in [-0.39, 0.29) is 5.78 Å². The Labute approximate surface area is 322 Å². The Hall–Kier alpha value is -4.33. The highest BCUT2D eigenvalue weighted by molar-refractivity contribution is 6.35. The number of rotatable bonds is 8. The fourth-order valence-corrected chi connectivity index (χ4v) is 8.54. The zero-order valence-electron chi connectivity index (χ0n) is 27.6. The molecule has 0 aromatic heterocycles. The molecule has 0 N–H and O–H groups in total. The SMILES string of the molecule is O=C([C@@H]1[C@@H](c2ccc(Cl)cc2Cl)N(c2ccccc2)O[C@H]1c1ccccc1)[C@@H]1[C@@H](c2ccccc2)ON(c2ccccc2)[C@H]1c1ccc(Cl)cc1Cl. The average Bonchev–Trinajstić information content (AvgIpc) is 3.77. The summed E-state index contributed by atoms with van der Waals surface area (Å²) in [6.07, 6.45) is -1.37. The first-order valence-corrected chi connectivity index (χ1v) is 18.5. The van der Waals surface area contributed by atoms with Crippen molar-refractivity contribution in [3.63, 3.8) is 0 Å². The van der Waals surface area contributed by atoms with Gasteiger partial charge in [0.1, 0.15) is 18.0 Å². The molecule has 0 spiro atoms. The third kappa shape index (κ3) is 6.58. The van der Waals surface area contributed by atoms with Gasteiger partial charge >= 0.3 is 0 Å². The van der Waals surface area contributed by atoms with Gasteiger partial charge in [0.25, 0.3) is 0 Å². The highest BCUT2D eigenvalue weighted by atomic mass is 35.5. The number of halogens is 4. The van der Waals surface area contributed by atoms with Crippen LogP contribution in [0.25, 0.3) is 0 Å². The van der Waals surface area contributed by atoms with Gasteiger partial charge in [-0.25, -0.2) is 10.1 Å². The lowest BCUT2D eigenvalue weighted by Crippen LogP contribution is -2.37. The molecule has 0 unspecified atom stereocenters. The minimum absolute atomic E-state index is 0.0772. The summed E-state index contributed by atoms with van der Waals surface area (Å²) in [7, 11) is 0. The quantitative estimate of drug-likeness (QED) is 0.154. The van der Waals surface area contributed by atoms with Crippen LogP contribution in [0.5, 0.6) is 0 Å². The lowest BCUT2D eigenvalue weighted by Gasteiger charge is -2.32. The molecule has 0 radical (unpaired) electrons. The maximum Gasteiger partial charge on any atom is 0.150 e. The molecular formula is C43H32Cl4N2O3. The highest BCUT2D eigenvalue weighted by Gasteiger charge is 2.57. The molecule has 2 aliphatic heterocycles. The van der Waals surface area contributed by atoms with Gasteiger partial charge in [0, 0.05) is 20.1 Å². The monoisotopic (exact) mass is 764 g/mol. The molecule has 0 amide bonds. The molecule has 0 bridgehead atoms. The number of carbonyl (C=O) groups excluding carboxylic acids is 1. The number of Topliss-reactive ketones (excluding diaryl/α,β-unsaturated/α-hetero) is 1. The lowest BCUT2D eigenvalue weighted by atomic mass is 9.73. The average molecular weight is 767 g/mol. The first kappa shape index (κ1) is 34.7. The fourth-order valence-electron chi connectivity index (χ4n) is 7.50. The summed E-state index contributed by atoms with van der Waals surface area (Å²) >= 11 is 26.9. The molecule has 0 saturated carbocycles. The minimum atomic E-state index is -0.773. The number of carbonyl (C=O) groups is 1. The number of para-hydroxylation sites is 2. The van der Waals surface area contributed by atoms with Crippen LogP contribution in [0.15, 0.2) is 158 Å². The van der Waals surface area contributed by atoms with E-state index in [4.69, 9.17) is 56.1 Å². The molecule has 52 heavy (non-hydrogen) atoms. The number of hydrogen-bond donors (Lipinski definition) is 0. The van der Waals surface area contributed by atoms with Gasteiger partial charge in [0.15, 0.2) is 0 Å². The van der Waals surface area contributed by atoms with E-state index in [1.807, 2.05) is 144 Å². The second-order valence-electron chi connectivity index (χ2n) is 12.9. The molecule has 0 aliphatic carbocycles. The Bertz CT molecular complexity index is 2020. The number of nitrogens with zero attached hydrogens (tertiary/aromatic N) is 2. The number of anilines is 2. The zero-order valence-corrected chi connectivity index (χ0v) is 30.6. The summed E-state index contributed by atoms with van der Waals surface area (Å²) in [5.41, 5.74) is 4.68. The van der Waals surface area contributed by atoms with E-state index in [0.29, 0.717) is 31.2 Å². The maximum atomic E-state index is 16.1. The van der Waals surface area contributed by atoms with Gasteiger partial charge in [-0.05, 0) is 70.8 Å². The van der Waals surface area contributed by atoms with Crippen LogP contribution in [0.3, 0.4) is 0 Å². The number of ketones is 1. The van der Waals surface area contributed by atoms with E-state index in [9.17, 15) is 0 Å². The van der Waals surface area contributed by atoms with Crippen molar-refractivity contribution < 1.29 is 14.5 Å². The zero-order chi connectivity index (χ0) is 35.8. The molecule has 6 aromatic rings. The van der Waals surface area contributed by atoms with Crippen LogP contribution in [-0.2, 0) is 14.5 Å². The van der Waals surface area contributed by atoms with E-state index >= 15 is 4.79 Å². The largest absolute Gasteiger partial charge is 0.299 e. The molecule has 260 valence electrons. The Kier molecular flexibility index (Phi) is 9.99. The second kappa shape index (κ2) is 15.0. The van der Waals surface area contributed by atoms with E-state index in [2.05, 4.69) is 0 Å². The van der Waals surface area contributed by atoms with Gasteiger partial charge in [-0.1, -0.05) is 156 Å². The van der Waals surface area contributed by atoms with E-state index in [1.165, 1.54) is 0 Å². The lowest BCUT2D eigenvalue weighted by molar-refractivity contribution is -0.131. The van der Waals surface area contributed by atoms with Gasteiger partial charge in [-0.3, -0.25) is 14.5 Å². The van der Waals surface area contributed by atoms with Crippen molar-refractivity contribution in [2.45, 2.75) is 24.3 Å². The Morgan fingerprint density at radius 2 is 0.808 bits per heavy atom. The molecule has 8 rings (SSSR count). The van der Waals surface area contributed by atoms with Crippen LogP contribution >= 0.6 is 46.4 Å². The number of benzene rings is 6. The van der Waals surface area contributed by atoms with Crippen LogP contribution in [0.1, 0.15) is 46.5 Å². The molecule has 2 fully saturated rings. The maximum absolute atomic E-state index is 16.1. The van der Waals surface area contributed by atoms with Crippen LogP contribution < -0.4 is 10.1 Å². The summed E-state index contributed by atoms with van der Waals surface area (Å²) in [6, 6.07) is 48.7. The molecule has 5 nitrogen and oxygen atoms in total. The van der Waals surface area contributed by atoms with E-state index in [0.717, 1.165) is 22.5 Å². The van der Waals surface area contributed by atoms with Crippen LogP contribution in [0.4, 0.5) is 11.4 Å². The van der Waals surface area contributed by atoms with Gasteiger partial charge in [0.05, 0.1) is 35.3 Å². The first-order chi connectivity index (χ1) is 25.4. The standard InChI is InChI=1S/C43H32Cl4N2O3/c44-29-21-23-33(35(46)25-29)39-37(42(27-13-5-1-6-14-27)51-48(39)31-17-9-3-10-18-31)41(50)38-40(34-24-22-30(45)26-36(34)47)49(32-19-11-4-12-20-32)52-43(38)28-15-7-2-8-16-28/h1-26,37-40,42-43H/t37-,38+,39+,40-,42-,43+. The smallest absolute Gasteiger partial charge is 0.150 e. The van der Waals surface area contributed by atoms with Crippen LogP contribution in [-0.4, -0.2) is 5.78 Å². The second-order valence-corrected chi connectivity index (χ2v) is 14.6. The van der Waals surface area contributed by atoms with Crippen molar-refractivity contribution in [1.82, 2.24) is 0 Å². The van der Waals surface area contributed by atoms with Crippen molar-refractivity contribution in [3.8, 4) is 0 Å². The molecule has 2 saturated heterocycles. The molecule has 2 aliphatic rings. The Balaban J connectivity index is 1.36. The summed E-state index contributed by atoms with van der Waals surface area (Å²) in [5.74, 6) is -1.62. The molecule has 6 atom stereocenters. The minimum Gasteiger partial charge on any atom is -0.299 e. The van der Waals surface area contributed by atoms with Crippen LogP contribution in [0.2, 0.25) is 20.1 Å². The van der Waals surface area contributed by atoms with Crippen molar-refractivity contribution in [3.05, 3.63) is 200 Å². The van der Waals surface area contributed by atoms with Crippen molar-refractivity contribution >= 4 is 63.6 Å². The van der Waals surface area contributed by atoms with E-state index < -0.39 is 36.1 Å². The Morgan fingerprint density at radius 3 is 1.15 bits per heavy atom. The predicted octanol–water partition coefficient (Wildman–Crippen LogP) is 12.3.